The Morgan fingerprint density at radius 2 is 0.495 bits per heavy atom. The van der Waals surface area contributed by atoms with Gasteiger partial charge in [-0.05, 0) is 148 Å². The van der Waals surface area contributed by atoms with Crippen molar-refractivity contribution in [3.63, 3.8) is 0 Å². The van der Waals surface area contributed by atoms with Gasteiger partial charge in [0.25, 0.3) is 0 Å². The van der Waals surface area contributed by atoms with Gasteiger partial charge in [-0.3, -0.25) is 32.5 Å². The number of carbonyl (C=O) groups excluding carboxylic acids is 3. The molecule has 0 saturated carbocycles. The van der Waals surface area contributed by atoms with Crippen LogP contribution in [0.25, 0.3) is 0 Å². The first kappa shape index (κ1) is 102. The lowest BCUT2D eigenvalue weighted by Crippen LogP contribution is -2.30. The molecule has 0 aliphatic carbocycles. The maximum atomic E-state index is 13.0. The van der Waals surface area contributed by atoms with E-state index in [2.05, 4.69) is 179 Å². The van der Waals surface area contributed by atoms with Gasteiger partial charge in [0, 0.05) is 19.3 Å². The molecule has 5 atom stereocenters. The number of hydrogen-bond donors (Lipinski definition) is 4. The van der Waals surface area contributed by atoms with Gasteiger partial charge in [0.05, 0.1) is 26.4 Å². The molecule has 18 heteroatoms. The number of rotatable bonds is 78. The number of hydrogen-bond acceptors (Lipinski definition) is 14. The van der Waals surface area contributed by atoms with Crippen LogP contribution >= 0.6 is 15.6 Å². The van der Waals surface area contributed by atoms with Crippen LogP contribution in [0, 0.1) is 0 Å². The predicted molar refractivity (Wildman–Crippen MR) is 445 cm³/mol. The number of aliphatic hydroxyl groups is 2. The van der Waals surface area contributed by atoms with Gasteiger partial charge < -0.3 is 34.2 Å². The molecule has 612 valence electrons. The summed E-state index contributed by atoms with van der Waals surface area (Å²) in [4.78, 5) is 58.8. The van der Waals surface area contributed by atoms with Crippen molar-refractivity contribution in [1.29, 1.82) is 0 Å². The molecule has 0 amide bonds. The van der Waals surface area contributed by atoms with Gasteiger partial charge in [-0.2, -0.15) is 0 Å². The fourth-order valence-corrected chi connectivity index (χ4v) is 12.5. The number of phosphoric acid groups is 2. The number of allylic oxidation sites excluding steroid dienone is 26. The first-order valence-electron chi connectivity index (χ1n) is 41.8. The highest BCUT2D eigenvalue weighted by Gasteiger charge is 2.29. The summed E-state index contributed by atoms with van der Waals surface area (Å²) in [5.74, 6) is -1.61. The zero-order valence-corrected chi connectivity index (χ0v) is 68.8. The van der Waals surface area contributed by atoms with Crippen molar-refractivity contribution in [1.82, 2.24) is 0 Å². The van der Waals surface area contributed by atoms with Crippen molar-refractivity contribution in [3.05, 3.63) is 158 Å². The Bertz CT molecular complexity index is 2580. The third-order valence-electron chi connectivity index (χ3n) is 17.2. The van der Waals surface area contributed by atoms with Crippen molar-refractivity contribution in [2.75, 3.05) is 39.6 Å². The fourth-order valence-electron chi connectivity index (χ4n) is 10.9. The summed E-state index contributed by atoms with van der Waals surface area (Å²) < 4.78 is 61.3. The van der Waals surface area contributed by atoms with Crippen molar-refractivity contribution in [3.8, 4) is 0 Å². The number of carbonyl (C=O) groups is 3. The van der Waals surface area contributed by atoms with E-state index in [0.29, 0.717) is 19.3 Å². The van der Waals surface area contributed by atoms with Crippen LogP contribution in [0.2, 0.25) is 0 Å². The molecule has 107 heavy (non-hydrogen) atoms. The molecule has 0 radical (unpaired) electrons. The third-order valence-corrected chi connectivity index (χ3v) is 19.1. The molecule has 0 aromatic carbocycles. The zero-order chi connectivity index (χ0) is 78.0. The second-order valence-corrected chi connectivity index (χ2v) is 30.4. The molecule has 5 unspecified atom stereocenters. The van der Waals surface area contributed by atoms with Crippen LogP contribution in [-0.4, -0.2) is 95.9 Å². The first-order valence-corrected chi connectivity index (χ1v) is 44.8. The van der Waals surface area contributed by atoms with Gasteiger partial charge in [-0.25, -0.2) is 9.13 Å². The Morgan fingerprint density at radius 1 is 0.271 bits per heavy atom. The van der Waals surface area contributed by atoms with E-state index >= 15 is 0 Å². The molecule has 0 spiro atoms. The minimum atomic E-state index is -4.95. The summed E-state index contributed by atoms with van der Waals surface area (Å²) in [5, 5.41) is 20.7. The normalized spacial score (nSPS) is 14.7. The molecule has 0 aliphatic rings. The number of aliphatic hydroxyl groups excluding tert-OH is 2. The van der Waals surface area contributed by atoms with E-state index in [4.69, 9.17) is 32.3 Å². The fraction of sp³-hybridized carbons (Fsp3) is 0.674. The van der Waals surface area contributed by atoms with Gasteiger partial charge in [0.2, 0.25) is 0 Å². The molecule has 16 nitrogen and oxygen atoms in total. The van der Waals surface area contributed by atoms with Crippen molar-refractivity contribution >= 4 is 33.6 Å². The Hall–Kier alpha value is -4.83. The largest absolute Gasteiger partial charge is 0.472 e. The zero-order valence-electron chi connectivity index (χ0n) is 67.0. The van der Waals surface area contributed by atoms with E-state index in [-0.39, 0.29) is 19.3 Å². The molecule has 0 fully saturated rings. The maximum absolute atomic E-state index is 13.0. The van der Waals surface area contributed by atoms with Gasteiger partial charge >= 0.3 is 33.6 Å². The minimum Gasteiger partial charge on any atom is -0.463 e. The maximum Gasteiger partial charge on any atom is 0.472 e. The molecule has 0 aromatic rings. The number of phosphoric ester groups is 2. The predicted octanol–water partition coefficient (Wildman–Crippen LogP) is 25.0. The van der Waals surface area contributed by atoms with Gasteiger partial charge in [0.15, 0.2) is 6.10 Å². The first-order chi connectivity index (χ1) is 52.2. The molecule has 0 heterocycles. The van der Waals surface area contributed by atoms with Crippen LogP contribution < -0.4 is 0 Å². The van der Waals surface area contributed by atoms with Crippen molar-refractivity contribution in [2.24, 2.45) is 0 Å². The molecule has 0 bridgehead atoms. The van der Waals surface area contributed by atoms with Crippen molar-refractivity contribution in [2.45, 2.75) is 347 Å². The van der Waals surface area contributed by atoms with E-state index < -0.39 is 91.5 Å². The average molecular weight is 1540 g/mol. The summed E-state index contributed by atoms with van der Waals surface area (Å²) in [7, 11) is -9.81. The lowest BCUT2D eigenvalue weighted by atomic mass is 10.0. The Labute approximate surface area is 650 Å². The Kier molecular flexibility index (Phi) is 77.0. The molecule has 4 N–H and O–H groups in total. The summed E-state index contributed by atoms with van der Waals surface area (Å²) in [5.41, 5.74) is 0. The van der Waals surface area contributed by atoms with Gasteiger partial charge in [-0.15, -0.1) is 0 Å². The third kappa shape index (κ3) is 82.0. The standard InChI is InChI=1S/C89H150O16P2/c1-4-7-10-13-16-19-22-25-28-31-34-36-37-38-39-40-41-42-43-44-45-47-50-51-54-57-60-63-66-69-72-75-87(92)99-78-84(90)79-101-106(95,96)102-80-85(91)81-103-107(97,98)104-83-86(105-89(94)77-74-71-68-65-62-59-56-53-48-33-30-27-24-21-18-15-12-9-6-3)82-100-88(93)76-73-70-67-64-61-58-55-52-49-46-35-32-29-26-23-20-17-14-11-8-5-2/h7-8,10-11,16-21,25-30,34-36,38-39,46,48,52-53,55,84-86,90-91H,4-6,9,12-15,22-24,31-33,37,40-45,47,49-51,54,56-83H2,1-3H3,(H,95,96)(H,97,98)/b10-7-,11-8-,19-16-,20-17-,21-18-,28-25-,29-26-,30-27-,36-34-,39-38-,46-35-,53-48-,55-52-. The molecule has 0 rings (SSSR count). The highest BCUT2D eigenvalue weighted by atomic mass is 31.2. The van der Waals surface area contributed by atoms with E-state index in [1.807, 2.05) is 0 Å². The summed E-state index contributed by atoms with van der Waals surface area (Å²) in [6.07, 6.45) is 101. The van der Waals surface area contributed by atoms with Crippen LogP contribution in [0.1, 0.15) is 329 Å². The highest BCUT2D eigenvalue weighted by molar-refractivity contribution is 7.47. The van der Waals surface area contributed by atoms with E-state index in [0.717, 1.165) is 173 Å². The molecule has 0 aromatic heterocycles. The SMILES string of the molecule is CC/C=C\C/C=C\C/C=C\C/C=C\C/C=C\CCCCCCCCCCCCCCCCCC(=O)OCC(O)COP(=O)(O)OCC(O)COP(=O)(O)OCC(COC(=O)CCCCCCC/C=C\C/C=C\C/C=C\C/C=C\C/C=C\CC)OC(=O)CCCCCCCC/C=C\C/C=C\C/C=C\CCCCC. The number of esters is 3. The highest BCUT2D eigenvalue weighted by Crippen LogP contribution is 2.45. The monoisotopic (exact) mass is 1540 g/mol. The van der Waals surface area contributed by atoms with Gasteiger partial charge in [-0.1, -0.05) is 320 Å². The van der Waals surface area contributed by atoms with Crippen LogP contribution in [0.4, 0.5) is 0 Å². The summed E-state index contributed by atoms with van der Waals surface area (Å²) in [6, 6.07) is 0. The van der Waals surface area contributed by atoms with E-state index in [9.17, 15) is 43.5 Å². The topological polar surface area (TPSA) is 231 Å². The van der Waals surface area contributed by atoms with Crippen LogP contribution in [-0.2, 0) is 55.8 Å². The molecule has 0 aliphatic heterocycles. The smallest absolute Gasteiger partial charge is 0.463 e. The summed E-state index contributed by atoms with van der Waals surface area (Å²) >= 11 is 0. The van der Waals surface area contributed by atoms with E-state index in [1.54, 1.807) is 0 Å². The second-order valence-electron chi connectivity index (χ2n) is 27.5. The average Bonchev–Trinajstić information content (AvgIpc) is 0.906. The minimum absolute atomic E-state index is 0.0812. The molecule has 0 saturated heterocycles. The second kappa shape index (κ2) is 80.7. The van der Waals surface area contributed by atoms with Crippen LogP contribution in [0.5, 0.6) is 0 Å². The summed E-state index contributed by atoms with van der Waals surface area (Å²) in [6.45, 7) is 2.41. The van der Waals surface area contributed by atoms with Crippen molar-refractivity contribution < 1.29 is 75.8 Å². The molecular formula is C89H150O16P2. The van der Waals surface area contributed by atoms with Crippen LogP contribution in [0.15, 0.2) is 158 Å². The van der Waals surface area contributed by atoms with Crippen LogP contribution in [0.3, 0.4) is 0 Å². The van der Waals surface area contributed by atoms with Gasteiger partial charge in [0.1, 0.15) is 25.4 Å². The Balaban J connectivity index is 4.58. The van der Waals surface area contributed by atoms with E-state index in [1.165, 1.54) is 96.3 Å². The molecular weight excluding hydrogens is 1390 g/mol. The quantitative estimate of drug-likeness (QED) is 0.0146. The lowest BCUT2D eigenvalue weighted by Gasteiger charge is -2.21. The Morgan fingerprint density at radius 3 is 0.785 bits per heavy atom. The lowest BCUT2D eigenvalue weighted by molar-refractivity contribution is -0.161. The number of ether oxygens (including phenoxy) is 3. The number of unbranched alkanes of at least 4 members (excludes halogenated alkanes) is 29.